The number of anilines is 1. The molecule has 1 aliphatic carbocycles. The Labute approximate surface area is 155 Å². The standard InChI is InChI=1S/C22H28N2O2/c1-22(2,3)26-21(25)24-20-12-10-16-9-11-17(23)14-18(16)19(20)13-15-7-5-4-6-8-15/h4-9,11,14,19-20H,10,12-13,23H2,1-3H3,(H,24,25). The van der Waals surface area contributed by atoms with Crippen LogP contribution in [0, 0.1) is 0 Å². The molecule has 0 heterocycles. The average molecular weight is 352 g/mol. The maximum Gasteiger partial charge on any atom is 0.407 e. The Morgan fingerprint density at radius 3 is 2.62 bits per heavy atom. The van der Waals surface area contributed by atoms with E-state index < -0.39 is 5.60 Å². The lowest BCUT2D eigenvalue weighted by Gasteiger charge is -2.35. The molecule has 1 aliphatic rings. The molecule has 0 radical (unpaired) electrons. The third kappa shape index (κ3) is 4.57. The molecule has 138 valence electrons. The fourth-order valence-corrected chi connectivity index (χ4v) is 3.67. The number of fused-ring (bicyclic) bond motifs is 1. The van der Waals surface area contributed by atoms with Gasteiger partial charge in [-0.05, 0) is 68.9 Å². The highest BCUT2D eigenvalue weighted by molar-refractivity contribution is 5.68. The molecule has 4 nitrogen and oxygen atoms in total. The summed E-state index contributed by atoms with van der Waals surface area (Å²) >= 11 is 0. The number of amides is 1. The van der Waals surface area contributed by atoms with Crippen molar-refractivity contribution < 1.29 is 9.53 Å². The van der Waals surface area contributed by atoms with Gasteiger partial charge in [-0.2, -0.15) is 0 Å². The Balaban J connectivity index is 1.86. The van der Waals surface area contributed by atoms with E-state index in [2.05, 4.69) is 41.7 Å². The number of hydrogen-bond donors (Lipinski definition) is 2. The van der Waals surface area contributed by atoms with Crippen LogP contribution in [0.5, 0.6) is 0 Å². The Kier molecular flexibility index (Phi) is 5.21. The summed E-state index contributed by atoms with van der Waals surface area (Å²) in [4.78, 5) is 12.3. The summed E-state index contributed by atoms with van der Waals surface area (Å²) in [5.41, 5.74) is 10.1. The van der Waals surface area contributed by atoms with Crippen molar-refractivity contribution in [3.05, 3.63) is 65.2 Å². The minimum atomic E-state index is -0.504. The lowest BCUT2D eigenvalue weighted by molar-refractivity contribution is 0.0491. The van der Waals surface area contributed by atoms with Gasteiger partial charge in [-0.15, -0.1) is 0 Å². The summed E-state index contributed by atoms with van der Waals surface area (Å²) in [6.07, 6.45) is 2.33. The molecule has 2 aromatic rings. The Bertz CT molecular complexity index is 765. The fourth-order valence-electron chi connectivity index (χ4n) is 3.67. The third-order valence-electron chi connectivity index (χ3n) is 4.78. The maximum atomic E-state index is 12.3. The largest absolute Gasteiger partial charge is 0.444 e. The summed E-state index contributed by atoms with van der Waals surface area (Å²) in [5, 5.41) is 3.10. The van der Waals surface area contributed by atoms with Gasteiger partial charge >= 0.3 is 6.09 Å². The zero-order valence-electron chi connectivity index (χ0n) is 15.8. The number of ether oxygens (including phenoxy) is 1. The molecule has 0 fully saturated rings. The summed E-state index contributed by atoms with van der Waals surface area (Å²) < 4.78 is 5.48. The van der Waals surface area contributed by atoms with Crippen LogP contribution in [0.1, 0.15) is 49.8 Å². The number of nitrogens with two attached hydrogens (primary N) is 1. The van der Waals surface area contributed by atoms with Crippen LogP contribution >= 0.6 is 0 Å². The van der Waals surface area contributed by atoms with Crippen molar-refractivity contribution in [3.63, 3.8) is 0 Å². The van der Waals surface area contributed by atoms with Gasteiger partial charge in [0, 0.05) is 17.6 Å². The number of carbonyl (C=O) groups is 1. The first kappa shape index (κ1) is 18.3. The highest BCUT2D eigenvalue weighted by atomic mass is 16.6. The van der Waals surface area contributed by atoms with Crippen molar-refractivity contribution in [3.8, 4) is 0 Å². The molecule has 2 atom stereocenters. The molecule has 0 aliphatic heterocycles. The SMILES string of the molecule is CC(C)(C)OC(=O)NC1CCc2ccc(N)cc2C1Cc1ccccc1. The normalized spacial score (nSPS) is 19.5. The van der Waals surface area contributed by atoms with Crippen LogP contribution in [-0.2, 0) is 17.6 Å². The molecular weight excluding hydrogens is 324 g/mol. The monoisotopic (exact) mass is 352 g/mol. The molecule has 0 spiro atoms. The highest BCUT2D eigenvalue weighted by Gasteiger charge is 2.32. The average Bonchev–Trinajstić information content (AvgIpc) is 2.56. The minimum absolute atomic E-state index is 0.0272. The van der Waals surface area contributed by atoms with E-state index in [9.17, 15) is 4.79 Å². The van der Waals surface area contributed by atoms with E-state index in [0.717, 1.165) is 24.9 Å². The van der Waals surface area contributed by atoms with Gasteiger partial charge in [0.15, 0.2) is 0 Å². The predicted molar refractivity (Wildman–Crippen MR) is 105 cm³/mol. The van der Waals surface area contributed by atoms with Crippen molar-refractivity contribution in [2.45, 2.75) is 57.6 Å². The van der Waals surface area contributed by atoms with E-state index in [4.69, 9.17) is 10.5 Å². The van der Waals surface area contributed by atoms with Crippen molar-refractivity contribution in [1.29, 1.82) is 0 Å². The second kappa shape index (κ2) is 7.40. The number of aryl methyl sites for hydroxylation is 1. The summed E-state index contributed by atoms with van der Waals surface area (Å²) in [5.74, 6) is 0.178. The van der Waals surface area contributed by atoms with Crippen LogP contribution in [-0.4, -0.2) is 17.7 Å². The lowest BCUT2D eigenvalue weighted by atomic mass is 9.76. The van der Waals surface area contributed by atoms with Crippen LogP contribution in [0.15, 0.2) is 48.5 Å². The molecular formula is C22H28N2O2. The Morgan fingerprint density at radius 1 is 1.19 bits per heavy atom. The molecule has 3 rings (SSSR count). The van der Waals surface area contributed by atoms with E-state index in [1.54, 1.807) is 0 Å². The smallest absolute Gasteiger partial charge is 0.407 e. The van der Waals surface area contributed by atoms with Gasteiger partial charge in [-0.25, -0.2) is 4.79 Å². The molecule has 1 amide bonds. The number of benzene rings is 2. The van der Waals surface area contributed by atoms with Gasteiger partial charge in [0.05, 0.1) is 0 Å². The van der Waals surface area contributed by atoms with Crippen molar-refractivity contribution in [1.82, 2.24) is 5.32 Å². The molecule has 2 aromatic carbocycles. The molecule has 0 saturated heterocycles. The molecule has 26 heavy (non-hydrogen) atoms. The number of carbonyl (C=O) groups excluding carboxylic acids is 1. The first-order chi connectivity index (χ1) is 12.3. The van der Waals surface area contributed by atoms with Gasteiger partial charge in [0.2, 0.25) is 0 Å². The number of alkyl carbamates (subject to hydrolysis) is 1. The molecule has 2 unspecified atom stereocenters. The van der Waals surface area contributed by atoms with Crippen LogP contribution in [0.25, 0.3) is 0 Å². The first-order valence-corrected chi connectivity index (χ1v) is 9.23. The zero-order valence-corrected chi connectivity index (χ0v) is 15.8. The molecule has 0 saturated carbocycles. The van der Waals surface area contributed by atoms with Crippen LogP contribution in [0.3, 0.4) is 0 Å². The molecule has 3 N–H and O–H groups in total. The van der Waals surface area contributed by atoms with Gasteiger partial charge in [-0.3, -0.25) is 0 Å². The molecule has 0 aromatic heterocycles. The van der Waals surface area contributed by atoms with Gasteiger partial charge in [0.1, 0.15) is 5.60 Å². The van der Waals surface area contributed by atoms with E-state index in [1.807, 2.05) is 32.9 Å². The summed E-state index contributed by atoms with van der Waals surface area (Å²) in [6.45, 7) is 5.64. The summed E-state index contributed by atoms with van der Waals surface area (Å²) in [6, 6.07) is 16.5. The second-order valence-electron chi connectivity index (χ2n) is 8.05. The molecule has 4 heteroatoms. The van der Waals surface area contributed by atoms with Gasteiger partial charge < -0.3 is 15.8 Å². The third-order valence-corrected chi connectivity index (χ3v) is 4.78. The van der Waals surface area contributed by atoms with Gasteiger partial charge in [0.25, 0.3) is 0 Å². The summed E-state index contributed by atoms with van der Waals surface area (Å²) in [7, 11) is 0. The number of nitrogen functional groups attached to an aromatic ring is 1. The van der Waals surface area contributed by atoms with Gasteiger partial charge in [-0.1, -0.05) is 36.4 Å². The van der Waals surface area contributed by atoms with E-state index >= 15 is 0 Å². The topological polar surface area (TPSA) is 64.3 Å². The van der Waals surface area contributed by atoms with Crippen molar-refractivity contribution in [2.75, 3.05) is 5.73 Å². The predicted octanol–water partition coefficient (Wildman–Crippen LogP) is 4.43. The molecule has 0 bridgehead atoms. The lowest BCUT2D eigenvalue weighted by Crippen LogP contribution is -2.44. The van der Waals surface area contributed by atoms with Crippen LogP contribution < -0.4 is 11.1 Å². The Morgan fingerprint density at radius 2 is 1.92 bits per heavy atom. The minimum Gasteiger partial charge on any atom is -0.444 e. The second-order valence-corrected chi connectivity index (χ2v) is 8.05. The van der Waals surface area contributed by atoms with Crippen molar-refractivity contribution in [2.24, 2.45) is 0 Å². The quantitative estimate of drug-likeness (QED) is 0.803. The number of hydrogen-bond acceptors (Lipinski definition) is 3. The van der Waals surface area contributed by atoms with E-state index in [1.165, 1.54) is 16.7 Å². The highest BCUT2D eigenvalue weighted by Crippen LogP contribution is 2.36. The first-order valence-electron chi connectivity index (χ1n) is 9.23. The number of rotatable bonds is 3. The fraction of sp³-hybridized carbons (Fsp3) is 0.409. The van der Waals surface area contributed by atoms with Crippen LogP contribution in [0.4, 0.5) is 10.5 Å². The maximum absolute atomic E-state index is 12.3. The van der Waals surface area contributed by atoms with Crippen LogP contribution in [0.2, 0.25) is 0 Å². The van der Waals surface area contributed by atoms with E-state index in [-0.39, 0.29) is 18.1 Å². The Hall–Kier alpha value is -2.49. The zero-order chi connectivity index (χ0) is 18.7. The van der Waals surface area contributed by atoms with Crippen molar-refractivity contribution >= 4 is 11.8 Å². The number of nitrogens with one attached hydrogen (secondary N) is 1. The van der Waals surface area contributed by atoms with E-state index in [0.29, 0.717) is 0 Å².